The molecule has 0 spiro atoms. The summed E-state index contributed by atoms with van der Waals surface area (Å²) in [6.45, 7) is 1.65. The highest BCUT2D eigenvalue weighted by Crippen LogP contribution is 2.32. The number of carbonyl (C=O) groups is 3. The van der Waals surface area contributed by atoms with E-state index >= 15 is 0 Å². The number of fused-ring (bicyclic) bond motifs is 1. The number of nitrogens with zero attached hydrogens (tertiary/aromatic N) is 4. The highest BCUT2D eigenvalue weighted by Gasteiger charge is 2.55. The zero-order chi connectivity index (χ0) is 20.7. The molecule has 3 amide bonds. The van der Waals surface area contributed by atoms with E-state index in [1.165, 1.54) is 11.1 Å². The molecule has 1 N–H and O–H groups in total. The minimum absolute atomic E-state index is 0.260. The van der Waals surface area contributed by atoms with Crippen molar-refractivity contribution in [3.05, 3.63) is 58.1 Å². The number of hydrogen-bond acceptors (Lipinski definition) is 6. The molecule has 2 atom stereocenters. The van der Waals surface area contributed by atoms with E-state index < -0.39 is 29.8 Å². The zero-order valence-electron chi connectivity index (χ0n) is 15.2. The number of rotatable bonds is 4. The third-order valence-electron chi connectivity index (χ3n) is 4.66. The smallest absolute Gasteiger partial charge is 0.263 e. The normalized spacial score (nSPS) is 20.4. The lowest BCUT2D eigenvalue weighted by Crippen LogP contribution is -2.43. The van der Waals surface area contributed by atoms with E-state index in [1.54, 1.807) is 24.3 Å². The van der Waals surface area contributed by atoms with E-state index in [0.717, 1.165) is 10.5 Å². The molecule has 148 valence electrons. The van der Waals surface area contributed by atoms with Crippen molar-refractivity contribution in [3.63, 3.8) is 0 Å². The first kappa shape index (κ1) is 19.4. The van der Waals surface area contributed by atoms with Crippen molar-refractivity contribution in [2.24, 2.45) is 10.3 Å². The Morgan fingerprint density at radius 2 is 1.83 bits per heavy atom. The van der Waals surface area contributed by atoms with Gasteiger partial charge in [0.1, 0.15) is 6.54 Å². The van der Waals surface area contributed by atoms with E-state index in [2.05, 4.69) is 15.7 Å². The molecule has 4 rings (SSSR count). The van der Waals surface area contributed by atoms with Crippen molar-refractivity contribution >= 4 is 52.3 Å². The average Bonchev–Trinajstić information content (AvgIpc) is 3.19. The molecule has 2 aliphatic rings. The predicted molar refractivity (Wildman–Crippen MR) is 108 cm³/mol. The number of carbonyl (C=O) groups excluding carboxylic acids is 3. The molecule has 2 aromatic rings. The first-order chi connectivity index (χ1) is 13.8. The van der Waals surface area contributed by atoms with Crippen molar-refractivity contribution in [2.75, 3.05) is 16.8 Å². The summed E-state index contributed by atoms with van der Waals surface area (Å²) in [6.07, 6.45) is 0. The SMILES string of the molecule is Cc1ccc(N2C(=O)[C@H]3N=NN(CC(=O)Nc4ccc(Cl)cc4Cl)[C@H]3C2=O)cc1. The maximum absolute atomic E-state index is 12.9. The minimum atomic E-state index is -0.962. The molecule has 1 saturated heterocycles. The van der Waals surface area contributed by atoms with Crippen LogP contribution in [0.1, 0.15) is 5.56 Å². The summed E-state index contributed by atoms with van der Waals surface area (Å²) in [5.41, 5.74) is 1.85. The van der Waals surface area contributed by atoms with Crippen LogP contribution < -0.4 is 10.2 Å². The Morgan fingerprint density at radius 1 is 1.10 bits per heavy atom. The van der Waals surface area contributed by atoms with Crippen molar-refractivity contribution in [2.45, 2.75) is 19.0 Å². The van der Waals surface area contributed by atoms with Gasteiger partial charge in [0.25, 0.3) is 11.8 Å². The van der Waals surface area contributed by atoms with E-state index in [1.807, 2.05) is 19.1 Å². The highest BCUT2D eigenvalue weighted by molar-refractivity contribution is 6.36. The van der Waals surface area contributed by atoms with Gasteiger partial charge in [-0.1, -0.05) is 46.1 Å². The van der Waals surface area contributed by atoms with Gasteiger partial charge in [-0.3, -0.25) is 19.4 Å². The Labute approximate surface area is 176 Å². The van der Waals surface area contributed by atoms with Crippen molar-refractivity contribution in [1.82, 2.24) is 5.01 Å². The fourth-order valence-electron chi connectivity index (χ4n) is 3.23. The van der Waals surface area contributed by atoms with Crippen LogP contribution in [0.2, 0.25) is 10.0 Å². The fourth-order valence-corrected chi connectivity index (χ4v) is 3.69. The van der Waals surface area contributed by atoms with E-state index in [0.29, 0.717) is 16.4 Å². The van der Waals surface area contributed by atoms with Gasteiger partial charge in [0.15, 0.2) is 12.1 Å². The third-order valence-corrected chi connectivity index (χ3v) is 5.21. The second-order valence-corrected chi connectivity index (χ2v) is 7.56. The number of halogens is 2. The second-order valence-electron chi connectivity index (χ2n) is 6.71. The standard InChI is InChI=1S/C19H15Cl2N5O3/c1-10-2-5-12(6-3-10)26-18(28)16-17(19(26)29)25(24-23-16)9-15(27)22-14-7-4-11(20)8-13(14)21/h2-8,16-17H,9H2,1H3,(H,22,27)/t16-,17+/m0/s1. The lowest BCUT2D eigenvalue weighted by molar-refractivity contribution is -0.123. The summed E-state index contributed by atoms with van der Waals surface area (Å²) in [6, 6.07) is 9.77. The molecule has 0 bridgehead atoms. The first-order valence-electron chi connectivity index (χ1n) is 8.72. The maximum atomic E-state index is 12.9. The fraction of sp³-hybridized carbons (Fsp3) is 0.211. The van der Waals surface area contributed by atoms with Crippen molar-refractivity contribution in [3.8, 4) is 0 Å². The van der Waals surface area contributed by atoms with Gasteiger partial charge in [0.2, 0.25) is 5.91 Å². The van der Waals surface area contributed by atoms with Crippen LogP contribution in [0.5, 0.6) is 0 Å². The Morgan fingerprint density at radius 3 is 2.52 bits per heavy atom. The summed E-state index contributed by atoms with van der Waals surface area (Å²) in [5, 5.41) is 12.3. The van der Waals surface area contributed by atoms with E-state index in [4.69, 9.17) is 23.2 Å². The molecule has 0 aliphatic carbocycles. The largest absolute Gasteiger partial charge is 0.323 e. The molecule has 0 radical (unpaired) electrons. The Hall–Kier alpha value is -2.97. The van der Waals surface area contributed by atoms with Gasteiger partial charge in [-0.15, -0.1) is 0 Å². The molecular weight excluding hydrogens is 417 g/mol. The van der Waals surface area contributed by atoms with Crippen LogP contribution in [0.15, 0.2) is 52.8 Å². The molecule has 0 saturated carbocycles. The second kappa shape index (κ2) is 7.46. The number of amides is 3. The van der Waals surface area contributed by atoms with Crippen molar-refractivity contribution in [1.29, 1.82) is 0 Å². The summed E-state index contributed by atoms with van der Waals surface area (Å²) in [4.78, 5) is 39.1. The summed E-state index contributed by atoms with van der Waals surface area (Å²) >= 11 is 11.9. The van der Waals surface area contributed by atoms with Crippen LogP contribution >= 0.6 is 23.2 Å². The van der Waals surface area contributed by atoms with Crippen LogP contribution in [0.3, 0.4) is 0 Å². The maximum Gasteiger partial charge on any atom is 0.263 e. The molecule has 2 aromatic carbocycles. The van der Waals surface area contributed by atoms with E-state index in [9.17, 15) is 14.4 Å². The van der Waals surface area contributed by atoms with Gasteiger partial charge in [0, 0.05) is 5.02 Å². The van der Waals surface area contributed by atoms with Crippen LogP contribution in [0, 0.1) is 6.92 Å². The summed E-state index contributed by atoms with van der Waals surface area (Å²) in [7, 11) is 0. The van der Waals surface area contributed by atoms with Gasteiger partial charge in [-0.05, 0) is 37.3 Å². The molecular formula is C19H15Cl2N5O3. The van der Waals surface area contributed by atoms with Gasteiger partial charge in [-0.2, -0.15) is 5.11 Å². The number of hydrogen-bond donors (Lipinski definition) is 1. The Bertz CT molecular complexity index is 1040. The van der Waals surface area contributed by atoms with Crippen LogP contribution in [0.25, 0.3) is 0 Å². The molecule has 2 heterocycles. The predicted octanol–water partition coefficient (Wildman–Crippen LogP) is 3.23. The number of imide groups is 1. The van der Waals surface area contributed by atoms with Crippen LogP contribution in [0.4, 0.5) is 11.4 Å². The lowest BCUT2D eigenvalue weighted by Gasteiger charge is -2.20. The monoisotopic (exact) mass is 431 g/mol. The number of anilines is 2. The average molecular weight is 432 g/mol. The molecule has 10 heteroatoms. The number of nitrogens with one attached hydrogen (secondary N) is 1. The van der Waals surface area contributed by atoms with Crippen LogP contribution in [-0.2, 0) is 14.4 Å². The highest BCUT2D eigenvalue weighted by atomic mass is 35.5. The Balaban J connectivity index is 1.49. The molecule has 29 heavy (non-hydrogen) atoms. The molecule has 1 fully saturated rings. The third kappa shape index (κ3) is 3.56. The van der Waals surface area contributed by atoms with Gasteiger partial charge < -0.3 is 5.32 Å². The molecule has 2 aliphatic heterocycles. The van der Waals surface area contributed by atoms with Gasteiger partial charge >= 0.3 is 0 Å². The Kier molecular flexibility index (Phi) is 4.97. The van der Waals surface area contributed by atoms with Gasteiger partial charge in [0.05, 0.1) is 16.4 Å². The van der Waals surface area contributed by atoms with E-state index in [-0.39, 0.29) is 11.6 Å². The number of benzene rings is 2. The van der Waals surface area contributed by atoms with Gasteiger partial charge in [-0.25, -0.2) is 4.90 Å². The summed E-state index contributed by atoms with van der Waals surface area (Å²) < 4.78 is 0. The minimum Gasteiger partial charge on any atom is -0.323 e. The molecule has 0 aromatic heterocycles. The van der Waals surface area contributed by atoms with Crippen LogP contribution in [-0.4, -0.2) is 41.4 Å². The lowest BCUT2D eigenvalue weighted by atomic mass is 10.1. The van der Waals surface area contributed by atoms with Crippen molar-refractivity contribution < 1.29 is 14.4 Å². The number of aryl methyl sites for hydroxylation is 1. The topological polar surface area (TPSA) is 94.4 Å². The molecule has 8 nitrogen and oxygen atoms in total. The zero-order valence-corrected chi connectivity index (χ0v) is 16.7. The quantitative estimate of drug-likeness (QED) is 0.751. The summed E-state index contributed by atoms with van der Waals surface area (Å²) in [5.74, 6) is -1.38. The first-order valence-corrected chi connectivity index (χ1v) is 9.47. The molecule has 0 unspecified atom stereocenters.